The predicted octanol–water partition coefficient (Wildman–Crippen LogP) is 1.82. The summed E-state index contributed by atoms with van der Waals surface area (Å²) in [6.45, 7) is 1.41. The minimum Gasteiger partial charge on any atom is -0.390 e. The Morgan fingerprint density at radius 1 is 1.24 bits per heavy atom. The Bertz CT molecular complexity index is 1080. The number of amides is 1. The summed E-state index contributed by atoms with van der Waals surface area (Å²) in [4.78, 5) is 31.8. The van der Waals surface area contributed by atoms with Gasteiger partial charge in [0, 0.05) is 31.4 Å². The average Bonchev–Trinajstić information content (AvgIpc) is 3.57. The minimum absolute atomic E-state index is 0.00352. The highest BCUT2D eigenvalue weighted by Gasteiger charge is 2.35. The zero-order chi connectivity index (χ0) is 23.8. The number of rotatable bonds is 13. The Kier molecular flexibility index (Phi) is 8.51. The average molecular weight is 488 g/mol. The molecular formula is C21H29N8O4P. The molecule has 1 fully saturated rings. The molecule has 0 aliphatic carbocycles. The third-order valence-electron chi connectivity index (χ3n) is 5.75. The van der Waals surface area contributed by atoms with Gasteiger partial charge in [0.2, 0.25) is 5.91 Å². The predicted molar refractivity (Wildman–Crippen MR) is 125 cm³/mol. The number of aliphatic hydroxyl groups excluding tert-OH is 1. The molecule has 0 spiro atoms. The lowest BCUT2D eigenvalue weighted by Gasteiger charge is -2.13. The van der Waals surface area contributed by atoms with E-state index < -0.39 is 18.4 Å². The number of nitrogens with zero attached hydrogens (tertiary/aromatic N) is 5. The third-order valence-corrected chi connectivity index (χ3v) is 6.26. The zero-order valence-electron chi connectivity index (χ0n) is 18.8. The summed E-state index contributed by atoms with van der Waals surface area (Å²) in [7, 11) is -0.0513. The van der Waals surface area contributed by atoms with Gasteiger partial charge in [-0.05, 0) is 12.8 Å². The van der Waals surface area contributed by atoms with Gasteiger partial charge in [0.1, 0.15) is 12.6 Å². The summed E-state index contributed by atoms with van der Waals surface area (Å²) in [5, 5.41) is 16.4. The number of carbonyl (C=O) groups is 1. The van der Waals surface area contributed by atoms with E-state index in [2.05, 4.69) is 35.6 Å². The topological polar surface area (TPSA) is 160 Å². The van der Waals surface area contributed by atoms with Crippen molar-refractivity contribution < 1.29 is 19.2 Å². The summed E-state index contributed by atoms with van der Waals surface area (Å²) < 4.78 is 18.5. The molecule has 4 N–H and O–H groups in total. The van der Waals surface area contributed by atoms with Crippen molar-refractivity contribution in [1.29, 1.82) is 0 Å². The third kappa shape index (κ3) is 6.13. The number of aliphatic hydroxyl groups is 1. The van der Waals surface area contributed by atoms with Crippen molar-refractivity contribution in [2.75, 3.05) is 24.6 Å². The number of aromatic amines is 1. The highest BCUT2D eigenvalue weighted by molar-refractivity contribution is 7.23. The summed E-state index contributed by atoms with van der Waals surface area (Å²) in [5.41, 5.74) is 2.08. The van der Waals surface area contributed by atoms with E-state index in [1.165, 1.54) is 6.33 Å². The fraction of sp³-hybridized carbons (Fsp3) is 0.571. The van der Waals surface area contributed by atoms with E-state index in [1.54, 1.807) is 23.4 Å². The molecule has 13 heteroatoms. The molecule has 1 amide bonds. The lowest BCUT2D eigenvalue weighted by atomic mass is 10.2. The Labute approximate surface area is 198 Å². The van der Waals surface area contributed by atoms with E-state index in [1.807, 2.05) is 0 Å². The van der Waals surface area contributed by atoms with Crippen molar-refractivity contribution in [2.45, 2.75) is 57.0 Å². The monoisotopic (exact) mass is 488 g/mol. The second-order valence-electron chi connectivity index (χ2n) is 8.23. The minimum atomic E-state index is -0.673. The number of anilines is 1. The van der Waals surface area contributed by atoms with Crippen LogP contribution < -0.4 is 10.6 Å². The second-order valence-corrected chi connectivity index (χ2v) is 8.86. The van der Waals surface area contributed by atoms with Crippen LogP contribution in [-0.4, -0.2) is 72.0 Å². The molecule has 34 heavy (non-hydrogen) atoms. The fourth-order valence-corrected chi connectivity index (χ4v) is 4.45. The van der Waals surface area contributed by atoms with Crippen LogP contribution in [0.3, 0.4) is 0 Å². The number of hydrogen-bond donors (Lipinski definition) is 4. The second kappa shape index (κ2) is 12.0. The van der Waals surface area contributed by atoms with Crippen molar-refractivity contribution in [3.63, 3.8) is 0 Å². The first kappa shape index (κ1) is 24.2. The summed E-state index contributed by atoms with van der Waals surface area (Å²) in [5.74, 6) is 0.652. The molecule has 0 saturated carbocycles. The molecule has 1 saturated heterocycles. The maximum Gasteiger partial charge on any atom is 0.225 e. The van der Waals surface area contributed by atoms with Gasteiger partial charge < -0.3 is 25.5 Å². The lowest BCUT2D eigenvalue weighted by Crippen LogP contribution is -2.26. The number of imidazole rings is 2. The number of carbonyl (C=O) groups excluding carboxylic acids is 1. The van der Waals surface area contributed by atoms with E-state index in [0.29, 0.717) is 36.4 Å². The molecule has 0 bridgehead atoms. The van der Waals surface area contributed by atoms with Gasteiger partial charge >= 0.3 is 0 Å². The number of H-pyrrole nitrogens is 1. The van der Waals surface area contributed by atoms with E-state index >= 15 is 0 Å². The van der Waals surface area contributed by atoms with E-state index in [0.717, 1.165) is 37.9 Å². The normalized spacial score (nSPS) is 20.2. The molecule has 3 aromatic heterocycles. The van der Waals surface area contributed by atoms with Crippen LogP contribution in [0.5, 0.6) is 0 Å². The van der Waals surface area contributed by atoms with Gasteiger partial charge in [-0.15, -0.1) is 0 Å². The van der Waals surface area contributed by atoms with Crippen LogP contribution in [0, 0.1) is 0 Å². The molecule has 1 aliphatic rings. The summed E-state index contributed by atoms with van der Waals surface area (Å²) in [6.07, 6.45) is 9.69. The summed E-state index contributed by atoms with van der Waals surface area (Å²) in [6, 6.07) is 0. The maximum absolute atomic E-state index is 11.8. The molecular weight excluding hydrogens is 459 g/mol. The largest absolute Gasteiger partial charge is 0.390 e. The molecule has 1 aliphatic heterocycles. The Morgan fingerprint density at radius 2 is 2.09 bits per heavy atom. The maximum atomic E-state index is 11.8. The SMILES string of the molecule is O=PCC1OC(n2cnc3c(NCCCCCCNC(=O)Cc4cnc[nH]4)ncnc32)CC1O. The zero-order valence-corrected chi connectivity index (χ0v) is 19.7. The van der Waals surface area contributed by atoms with Gasteiger partial charge in [-0.1, -0.05) is 12.8 Å². The van der Waals surface area contributed by atoms with Crippen molar-refractivity contribution in [3.8, 4) is 0 Å². The van der Waals surface area contributed by atoms with Crippen molar-refractivity contribution >= 4 is 31.3 Å². The molecule has 3 atom stereocenters. The first-order valence-corrected chi connectivity index (χ1v) is 12.4. The fourth-order valence-electron chi connectivity index (χ4n) is 3.97. The summed E-state index contributed by atoms with van der Waals surface area (Å²) >= 11 is 0. The van der Waals surface area contributed by atoms with Crippen LogP contribution in [-0.2, 0) is 20.5 Å². The molecule has 12 nitrogen and oxygen atoms in total. The van der Waals surface area contributed by atoms with E-state index in [9.17, 15) is 14.5 Å². The number of aromatic nitrogens is 6. The van der Waals surface area contributed by atoms with Crippen LogP contribution in [0.25, 0.3) is 11.2 Å². The molecule has 3 aromatic rings. The quantitative estimate of drug-likeness (QED) is 0.208. The van der Waals surface area contributed by atoms with Gasteiger partial charge in [0.15, 0.2) is 25.4 Å². The first-order valence-electron chi connectivity index (χ1n) is 11.4. The number of fused-ring (bicyclic) bond motifs is 1. The van der Waals surface area contributed by atoms with Gasteiger partial charge in [-0.2, -0.15) is 0 Å². The highest BCUT2D eigenvalue weighted by Crippen LogP contribution is 2.32. The van der Waals surface area contributed by atoms with E-state index in [-0.39, 0.29) is 20.5 Å². The number of nitrogens with one attached hydrogen (secondary N) is 3. The Balaban J connectivity index is 1.17. The molecule has 4 rings (SSSR count). The highest BCUT2D eigenvalue weighted by atomic mass is 31.1. The molecule has 182 valence electrons. The molecule has 3 unspecified atom stereocenters. The molecule has 0 aromatic carbocycles. The molecule has 0 radical (unpaired) electrons. The van der Waals surface area contributed by atoms with Crippen molar-refractivity contribution in [1.82, 2.24) is 34.8 Å². The van der Waals surface area contributed by atoms with Crippen LogP contribution in [0.4, 0.5) is 5.82 Å². The van der Waals surface area contributed by atoms with Crippen LogP contribution >= 0.6 is 8.46 Å². The number of hydrogen-bond acceptors (Lipinski definition) is 9. The van der Waals surface area contributed by atoms with Gasteiger partial charge in [-0.25, -0.2) is 19.9 Å². The first-order chi connectivity index (χ1) is 16.7. The molecule has 4 heterocycles. The van der Waals surface area contributed by atoms with Crippen LogP contribution in [0.1, 0.15) is 44.0 Å². The van der Waals surface area contributed by atoms with Crippen LogP contribution in [0.2, 0.25) is 0 Å². The van der Waals surface area contributed by atoms with E-state index in [4.69, 9.17) is 4.74 Å². The van der Waals surface area contributed by atoms with Gasteiger partial charge in [-0.3, -0.25) is 13.9 Å². The number of ether oxygens (including phenoxy) is 1. The van der Waals surface area contributed by atoms with Crippen molar-refractivity contribution in [3.05, 3.63) is 30.9 Å². The smallest absolute Gasteiger partial charge is 0.225 e. The van der Waals surface area contributed by atoms with Crippen molar-refractivity contribution in [2.24, 2.45) is 0 Å². The van der Waals surface area contributed by atoms with Gasteiger partial charge in [0.25, 0.3) is 0 Å². The Morgan fingerprint density at radius 3 is 2.88 bits per heavy atom. The van der Waals surface area contributed by atoms with Crippen LogP contribution in [0.15, 0.2) is 25.2 Å². The number of unbranched alkanes of at least 4 members (excludes halogenated alkanes) is 3. The Hall–Kier alpha value is -2.95. The standard InChI is InChI=1S/C21H29N8O4P/c30-15-8-18(33-16(15)10-34-32)29-13-28-19-20(26-12-27-21(19)29)24-6-4-2-1-3-5-23-17(31)7-14-9-22-11-25-14/h9,11-13,15-16,18,30H,1-8,10H2,(H,22,25)(H,23,31)(H,24,26,27). The van der Waals surface area contributed by atoms with Gasteiger partial charge in [0.05, 0.1) is 37.4 Å². The lowest BCUT2D eigenvalue weighted by molar-refractivity contribution is -0.120.